The summed E-state index contributed by atoms with van der Waals surface area (Å²) in [7, 11) is 1.83. The van der Waals surface area contributed by atoms with E-state index in [1.54, 1.807) is 28.2 Å². The largest absolute Gasteiger partial charge is 0.465 e. The molecule has 0 saturated heterocycles. The third-order valence-electron chi connectivity index (χ3n) is 4.82. The lowest BCUT2D eigenvalue weighted by molar-refractivity contribution is 0.184. The van der Waals surface area contributed by atoms with Crippen molar-refractivity contribution in [1.29, 1.82) is 0 Å². The van der Waals surface area contributed by atoms with E-state index >= 15 is 0 Å². The van der Waals surface area contributed by atoms with Crippen molar-refractivity contribution < 1.29 is 14.7 Å². The summed E-state index contributed by atoms with van der Waals surface area (Å²) in [6.07, 6.45) is 8.50. The number of carbonyl (C=O) groups excluding carboxylic acids is 1. The summed E-state index contributed by atoms with van der Waals surface area (Å²) in [4.78, 5) is 34.1. The molecule has 0 spiro atoms. The Kier molecular flexibility index (Phi) is 6.07. The third-order valence-corrected chi connectivity index (χ3v) is 4.82. The van der Waals surface area contributed by atoms with Crippen LogP contribution in [0.15, 0.2) is 24.8 Å². The number of carbonyl (C=O) groups is 2. The number of aryl methyl sites for hydroxylation is 1. The molecule has 3 rings (SSSR count). The maximum absolute atomic E-state index is 12.7. The molecule has 28 heavy (non-hydrogen) atoms. The smallest absolute Gasteiger partial charge is 0.404 e. The fraction of sp³-hybridized carbons (Fsp3) is 0.500. The number of nitrogens with one attached hydrogen (secondary N) is 2. The highest BCUT2D eigenvalue weighted by Gasteiger charge is 2.31. The number of aromatic nitrogens is 4. The second-order valence-corrected chi connectivity index (χ2v) is 6.82. The number of amides is 3. The van der Waals surface area contributed by atoms with Crippen LogP contribution in [-0.2, 0) is 7.05 Å². The van der Waals surface area contributed by atoms with Crippen molar-refractivity contribution in [3.8, 4) is 11.3 Å². The van der Waals surface area contributed by atoms with E-state index in [4.69, 9.17) is 5.11 Å². The monoisotopic (exact) mass is 387 g/mol. The summed E-state index contributed by atoms with van der Waals surface area (Å²) in [6, 6.07) is -0.360. The molecule has 2 heterocycles. The molecular weight excluding hydrogens is 362 g/mol. The van der Waals surface area contributed by atoms with Crippen LogP contribution in [0.3, 0.4) is 0 Å². The number of rotatable bonds is 5. The summed E-state index contributed by atoms with van der Waals surface area (Å²) in [6.45, 7) is 2.37. The molecule has 1 fully saturated rings. The molecule has 1 aliphatic carbocycles. The minimum absolute atomic E-state index is 0.0584. The zero-order chi connectivity index (χ0) is 20.1. The van der Waals surface area contributed by atoms with Crippen LogP contribution in [0.1, 0.15) is 32.6 Å². The number of anilines is 1. The van der Waals surface area contributed by atoms with Gasteiger partial charge in [0.1, 0.15) is 0 Å². The van der Waals surface area contributed by atoms with Gasteiger partial charge in [-0.2, -0.15) is 5.10 Å². The number of nitrogens with zero attached hydrogens (tertiary/aromatic N) is 5. The normalized spacial score (nSPS) is 19.1. The zero-order valence-electron chi connectivity index (χ0n) is 16.0. The van der Waals surface area contributed by atoms with Crippen molar-refractivity contribution in [1.82, 2.24) is 30.4 Å². The number of urea groups is 1. The Morgan fingerprint density at radius 3 is 2.50 bits per heavy atom. The molecule has 3 N–H and O–H groups in total. The molecule has 10 nitrogen and oxygen atoms in total. The molecule has 0 unspecified atom stereocenters. The van der Waals surface area contributed by atoms with E-state index < -0.39 is 6.09 Å². The first-order valence-electron chi connectivity index (χ1n) is 9.35. The topological polar surface area (TPSA) is 125 Å². The fourth-order valence-corrected chi connectivity index (χ4v) is 3.49. The molecule has 0 radical (unpaired) electrons. The van der Waals surface area contributed by atoms with Crippen molar-refractivity contribution in [2.24, 2.45) is 7.05 Å². The van der Waals surface area contributed by atoms with Gasteiger partial charge >= 0.3 is 12.1 Å². The average Bonchev–Trinajstić information content (AvgIpc) is 3.10. The van der Waals surface area contributed by atoms with Gasteiger partial charge in [-0.3, -0.25) is 14.6 Å². The molecular formula is C18H25N7O3. The van der Waals surface area contributed by atoms with E-state index in [1.165, 1.54) is 0 Å². The zero-order valence-corrected chi connectivity index (χ0v) is 16.0. The SMILES string of the molecule is CCNC(=O)N(c1cnc(-c2cnn(C)c2)cn1)[C@H]1CC[C@H](NC(=O)O)CC1. The highest BCUT2D eigenvalue weighted by molar-refractivity contribution is 5.91. The molecule has 0 atom stereocenters. The Morgan fingerprint density at radius 2 is 1.96 bits per heavy atom. The first-order chi connectivity index (χ1) is 13.5. The molecule has 150 valence electrons. The first-order valence-corrected chi connectivity index (χ1v) is 9.35. The van der Waals surface area contributed by atoms with Crippen molar-refractivity contribution in [3.05, 3.63) is 24.8 Å². The Balaban J connectivity index is 1.77. The summed E-state index contributed by atoms with van der Waals surface area (Å²) in [5.74, 6) is 0.480. The quantitative estimate of drug-likeness (QED) is 0.720. The highest BCUT2D eigenvalue weighted by atomic mass is 16.4. The van der Waals surface area contributed by atoms with Crippen LogP contribution in [0.2, 0.25) is 0 Å². The number of hydrogen-bond acceptors (Lipinski definition) is 5. The lowest BCUT2D eigenvalue weighted by Gasteiger charge is -2.36. The van der Waals surface area contributed by atoms with Crippen LogP contribution >= 0.6 is 0 Å². The van der Waals surface area contributed by atoms with Crippen molar-refractivity contribution in [3.63, 3.8) is 0 Å². The predicted octanol–water partition coefficient (Wildman–Crippen LogP) is 1.99. The second kappa shape index (κ2) is 8.68. The van der Waals surface area contributed by atoms with Crippen molar-refractivity contribution in [2.45, 2.75) is 44.7 Å². The van der Waals surface area contributed by atoms with Gasteiger partial charge < -0.3 is 15.7 Å². The molecule has 0 aliphatic heterocycles. The summed E-state index contributed by atoms with van der Waals surface area (Å²) in [5, 5.41) is 18.4. The Labute approximate surface area is 163 Å². The van der Waals surface area contributed by atoms with E-state index in [1.807, 2.05) is 20.2 Å². The number of carboxylic acid groups (broad SMARTS) is 1. The molecule has 2 aromatic heterocycles. The van der Waals surface area contributed by atoms with Crippen molar-refractivity contribution >= 4 is 17.9 Å². The minimum Gasteiger partial charge on any atom is -0.465 e. The van der Waals surface area contributed by atoms with Crippen LogP contribution in [0.4, 0.5) is 15.4 Å². The minimum atomic E-state index is -1.01. The third kappa shape index (κ3) is 4.56. The molecule has 0 bridgehead atoms. The lowest BCUT2D eigenvalue weighted by atomic mass is 9.90. The maximum atomic E-state index is 12.7. The van der Waals surface area contributed by atoms with Gasteiger partial charge in [-0.1, -0.05) is 0 Å². The second-order valence-electron chi connectivity index (χ2n) is 6.82. The lowest BCUT2D eigenvalue weighted by Crippen LogP contribution is -2.50. The van der Waals surface area contributed by atoms with E-state index in [0.29, 0.717) is 43.7 Å². The summed E-state index contributed by atoms with van der Waals surface area (Å²) < 4.78 is 1.69. The first kappa shape index (κ1) is 19.6. The maximum Gasteiger partial charge on any atom is 0.404 e. The van der Waals surface area contributed by atoms with E-state index in [9.17, 15) is 9.59 Å². The van der Waals surface area contributed by atoms with Gasteiger partial charge in [0.05, 0.1) is 24.3 Å². The van der Waals surface area contributed by atoms with Gasteiger partial charge in [-0.15, -0.1) is 0 Å². The van der Waals surface area contributed by atoms with Gasteiger partial charge in [0.25, 0.3) is 0 Å². The summed E-state index contributed by atoms with van der Waals surface area (Å²) >= 11 is 0. The molecule has 1 saturated carbocycles. The predicted molar refractivity (Wildman–Crippen MR) is 103 cm³/mol. The van der Waals surface area contributed by atoms with Gasteiger partial charge in [0, 0.05) is 37.4 Å². The Morgan fingerprint density at radius 1 is 1.21 bits per heavy atom. The van der Waals surface area contributed by atoms with Crippen LogP contribution in [0, 0.1) is 0 Å². The van der Waals surface area contributed by atoms with Gasteiger partial charge in [0.15, 0.2) is 5.82 Å². The average molecular weight is 387 g/mol. The Hall–Kier alpha value is -3.17. The van der Waals surface area contributed by atoms with Crippen molar-refractivity contribution in [2.75, 3.05) is 11.4 Å². The molecule has 0 aromatic carbocycles. The van der Waals surface area contributed by atoms with Crippen LogP contribution in [0.5, 0.6) is 0 Å². The standard InChI is InChI=1S/C18H25N7O3/c1-3-19-17(26)25(14-6-4-13(5-7-14)23-18(27)28)16-10-20-15(9-21-16)12-8-22-24(2)11-12/h8-11,13-14,23H,3-7H2,1-2H3,(H,19,26)(H,27,28)/t13-,14-. The van der Waals surface area contributed by atoms with E-state index in [-0.39, 0.29) is 18.1 Å². The van der Waals surface area contributed by atoms with Gasteiger partial charge in [-0.05, 0) is 32.6 Å². The molecule has 3 amide bonds. The summed E-state index contributed by atoms with van der Waals surface area (Å²) in [5.41, 5.74) is 1.54. The Bertz CT molecular complexity index is 813. The molecule has 10 heteroatoms. The van der Waals surface area contributed by atoms with Gasteiger partial charge in [0.2, 0.25) is 0 Å². The van der Waals surface area contributed by atoms with Crippen LogP contribution in [0.25, 0.3) is 11.3 Å². The van der Waals surface area contributed by atoms with Crippen LogP contribution in [-0.4, -0.2) is 55.6 Å². The van der Waals surface area contributed by atoms with E-state index in [0.717, 1.165) is 5.56 Å². The van der Waals surface area contributed by atoms with E-state index in [2.05, 4.69) is 25.7 Å². The fourth-order valence-electron chi connectivity index (χ4n) is 3.49. The van der Waals surface area contributed by atoms with Gasteiger partial charge in [-0.25, -0.2) is 14.6 Å². The molecule has 1 aliphatic rings. The van der Waals surface area contributed by atoms with Crippen LogP contribution < -0.4 is 15.5 Å². The molecule has 2 aromatic rings. The highest BCUT2D eigenvalue weighted by Crippen LogP contribution is 2.27. The number of hydrogen-bond donors (Lipinski definition) is 3.